The van der Waals surface area contributed by atoms with Gasteiger partial charge in [-0.15, -0.1) is 0 Å². The average Bonchev–Trinajstić information content (AvgIpc) is 2.98. The smallest absolute Gasteiger partial charge is 0.155 e. The third kappa shape index (κ3) is 2.45. The number of ketones is 1. The Morgan fingerprint density at radius 3 is 2.56 bits per heavy atom. The number of aliphatic hydroxyl groups excluding tert-OH is 1. The van der Waals surface area contributed by atoms with Crippen LogP contribution in [0, 0.1) is 28.6 Å². The van der Waals surface area contributed by atoms with Crippen molar-refractivity contribution >= 4 is 5.78 Å². The summed E-state index contributed by atoms with van der Waals surface area (Å²) in [7, 11) is 0. The van der Waals surface area contributed by atoms with Gasteiger partial charge < -0.3 is 5.11 Å². The van der Waals surface area contributed by atoms with Gasteiger partial charge in [0.2, 0.25) is 0 Å². The second kappa shape index (κ2) is 6.04. The van der Waals surface area contributed by atoms with Gasteiger partial charge in [-0.1, -0.05) is 49.8 Å². The molecule has 0 heterocycles. The Morgan fingerprint density at radius 2 is 1.78 bits per heavy atom. The first kappa shape index (κ1) is 17.7. The van der Waals surface area contributed by atoms with Gasteiger partial charge in [-0.3, -0.25) is 4.79 Å². The third-order valence-electron chi connectivity index (χ3n) is 9.19. The first-order valence-corrected chi connectivity index (χ1v) is 10.9. The van der Waals surface area contributed by atoms with E-state index in [1.165, 1.54) is 17.6 Å². The van der Waals surface area contributed by atoms with Crippen molar-refractivity contribution in [1.82, 2.24) is 0 Å². The summed E-state index contributed by atoms with van der Waals surface area (Å²) >= 11 is 0. The first-order valence-electron chi connectivity index (χ1n) is 10.9. The third-order valence-corrected chi connectivity index (χ3v) is 9.19. The molecule has 0 bridgehead atoms. The summed E-state index contributed by atoms with van der Waals surface area (Å²) in [6.45, 7) is 4.80. The summed E-state index contributed by atoms with van der Waals surface area (Å²) < 4.78 is 0. The molecule has 4 aliphatic rings. The molecule has 4 aliphatic carbocycles. The van der Waals surface area contributed by atoms with Crippen molar-refractivity contribution in [1.29, 1.82) is 0 Å². The molecule has 2 nitrogen and oxygen atoms in total. The Bertz CT molecular complexity index is 781. The van der Waals surface area contributed by atoms with E-state index in [4.69, 9.17) is 0 Å². The Balaban J connectivity index is 1.63. The van der Waals surface area contributed by atoms with Crippen molar-refractivity contribution in [2.75, 3.05) is 0 Å². The average molecular weight is 365 g/mol. The van der Waals surface area contributed by atoms with Gasteiger partial charge in [0.05, 0.1) is 6.10 Å². The van der Waals surface area contributed by atoms with Crippen LogP contribution >= 0.6 is 0 Å². The molecule has 2 heteroatoms. The fraction of sp³-hybridized carbons (Fsp3) is 0.640. The highest BCUT2D eigenvalue weighted by Crippen LogP contribution is 2.68. The van der Waals surface area contributed by atoms with Gasteiger partial charge in [0.15, 0.2) is 5.78 Å². The SMILES string of the molecule is C[C@]12CC[C@H]3[C@@H]([C@H](c4ccccc4)CC4=CC(=O)CC[C@@]43C)[C@@H]1CC[C@@H]2O. The van der Waals surface area contributed by atoms with Crippen LogP contribution in [0.3, 0.4) is 0 Å². The van der Waals surface area contributed by atoms with Crippen LogP contribution in [0.5, 0.6) is 0 Å². The number of hydrogen-bond donors (Lipinski definition) is 1. The lowest BCUT2D eigenvalue weighted by atomic mass is 9.44. The highest BCUT2D eigenvalue weighted by Gasteiger charge is 2.61. The minimum Gasteiger partial charge on any atom is -0.393 e. The molecule has 0 aromatic heterocycles. The molecule has 3 fully saturated rings. The van der Waals surface area contributed by atoms with E-state index in [2.05, 4.69) is 44.2 Å². The highest BCUT2D eigenvalue weighted by atomic mass is 16.3. The molecule has 1 aromatic carbocycles. The Morgan fingerprint density at radius 1 is 1.00 bits per heavy atom. The van der Waals surface area contributed by atoms with Crippen LogP contribution in [-0.4, -0.2) is 17.0 Å². The van der Waals surface area contributed by atoms with Gasteiger partial charge in [-0.05, 0) is 84.7 Å². The lowest BCUT2D eigenvalue weighted by Gasteiger charge is -2.60. The molecule has 0 unspecified atom stereocenters. The number of rotatable bonds is 1. The van der Waals surface area contributed by atoms with Crippen molar-refractivity contribution in [3.05, 3.63) is 47.5 Å². The van der Waals surface area contributed by atoms with Gasteiger partial charge in [0.25, 0.3) is 0 Å². The molecular weight excluding hydrogens is 332 g/mol. The van der Waals surface area contributed by atoms with Crippen molar-refractivity contribution in [2.24, 2.45) is 28.6 Å². The van der Waals surface area contributed by atoms with Crippen LogP contribution in [0.2, 0.25) is 0 Å². The number of fused-ring (bicyclic) bond motifs is 5. The second-order valence-electron chi connectivity index (χ2n) is 10.2. The van der Waals surface area contributed by atoms with Crippen LogP contribution < -0.4 is 0 Å². The lowest BCUT2D eigenvalue weighted by molar-refractivity contribution is -0.118. The number of allylic oxidation sites excluding steroid dienone is 1. The van der Waals surface area contributed by atoms with E-state index in [1.54, 1.807) is 0 Å². The molecule has 3 saturated carbocycles. The van der Waals surface area contributed by atoms with Crippen molar-refractivity contribution in [3.63, 3.8) is 0 Å². The van der Waals surface area contributed by atoms with Gasteiger partial charge >= 0.3 is 0 Å². The maximum atomic E-state index is 12.2. The molecule has 0 spiro atoms. The van der Waals surface area contributed by atoms with E-state index in [0.29, 0.717) is 35.9 Å². The van der Waals surface area contributed by atoms with E-state index in [1.807, 2.05) is 6.08 Å². The van der Waals surface area contributed by atoms with Crippen molar-refractivity contribution < 1.29 is 9.90 Å². The summed E-state index contributed by atoms with van der Waals surface area (Å²) in [4.78, 5) is 12.2. The minimum absolute atomic E-state index is 0.0796. The van der Waals surface area contributed by atoms with E-state index < -0.39 is 0 Å². The zero-order valence-electron chi connectivity index (χ0n) is 16.7. The monoisotopic (exact) mass is 364 g/mol. The number of aliphatic hydroxyl groups is 1. The predicted molar refractivity (Wildman–Crippen MR) is 107 cm³/mol. The van der Waals surface area contributed by atoms with Gasteiger partial charge in [0, 0.05) is 6.42 Å². The van der Waals surface area contributed by atoms with Crippen LogP contribution in [0.15, 0.2) is 42.0 Å². The summed E-state index contributed by atoms with van der Waals surface area (Å²) in [6, 6.07) is 11.0. The molecular formula is C25H32O2. The van der Waals surface area contributed by atoms with Crippen LogP contribution in [-0.2, 0) is 4.79 Å². The molecule has 0 amide bonds. The molecule has 0 saturated heterocycles. The molecule has 0 radical (unpaired) electrons. The zero-order chi connectivity index (χ0) is 18.8. The molecule has 144 valence electrons. The summed E-state index contributed by atoms with van der Waals surface area (Å²) in [6.07, 6.45) is 9.08. The molecule has 27 heavy (non-hydrogen) atoms. The van der Waals surface area contributed by atoms with Crippen molar-refractivity contribution in [3.8, 4) is 0 Å². The van der Waals surface area contributed by atoms with Gasteiger partial charge in [-0.25, -0.2) is 0 Å². The number of benzene rings is 1. The number of hydrogen-bond acceptors (Lipinski definition) is 2. The molecule has 5 rings (SSSR count). The lowest BCUT2D eigenvalue weighted by Crippen LogP contribution is -2.53. The number of carbonyl (C=O) groups excluding carboxylic acids is 1. The highest BCUT2D eigenvalue weighted by molar-refractivity contribution is 5.91. The Labute approximate surface area is 163 Å². The first-order chi connectivity index (χ1) is 12.9. The summed E-state index contributed by atoms with van der Waals surface area (Å²) in [5.74, 6) is 2.67. The standard InChI is InChI=1S/C25H32O2/c1-24-12-10-18(26)14-17(24)15-19(16-6-4-3-5-7-16)23-20-8-9-22(27)25(20,2)13-11-21(23)24/h3-7,14,19-23,27H,8-13,15H2,1-2H3/t19-,20-,21-,22-,23-,24-,25-/m0/s1. The van der Waals surface area contributed by atoms with E-state index in [0.717, 1.165) is 32.1 Å². The quantitative estimate of drug-likeness (QED) is 0.737. The van der Waals surface area contributed by atoms with E-state index >= 15 is 0 Å². The maximum Gasteiger partial charge on any atom is 0.155 e. The molecule has 0 aliphatic heterocycles. The second-order valence-corrected chi connectivity index (χ2v) is 10.2. The van der Waals surface area contributed by atoms with Crippen molar-refractivity contribution in [2.45, 2.75) is 70.8 Å². The Kier molecular flexibility index (Phi) is 3.95. The zero-order valence-corrected chi connectivity index (χ0v) is 16.7. The summed E-state index contributed by atoms with van der Waals surface area (Å²) in [5, 5.41) is 10.8. The Hall–Kier alpha value is -1.41. The molecule has 1 N–H and O–H groups in total. The predicted octanol–water partition coefficient (Wildman–Crippen LogP) is 5.27. The van der Waals surface area contributed by atoms with Crippen LogP contribution in [0.4, 0.5) is 0 Å². The largest absolute Gasteiger partial charge is 0.393 e. The van der Waals surface area contributed by atoms with Crippen LogP contribution in [0.25, 0.3) is 0 Å². The molecule has 7 atom stereocenters. The van der Waals surface area contributed by atoms with Gasteiger partial charge in [-0.2, -0.15) is 0 Å². The number of carbonyl (C=O) groups is 1. The normalized spacial score (nSPS) is 46.3. The van der Waals surface area contributed by atoms with Gasteiger partial charge in [0.1, 0.15) is 0 Å². The molecule has 1 aromatic rings. The fourth-order valence-corrected chi connectivity index (χ4v) is 7.58. The van der Waals surface area contributed by atoms with E-state index in [9.17, 15) is 9.90 Å². The topological polar surface area (TPSA) is 37.3 Å². The van der Waals surface area contributed by atoms with Crippen LogP contribution in [0.1, 0.15) is 70.3 Å². The summed E-state index contributed by atoms with van der Waals surface area (Å²) in [5.41, 5.74) is 3.10. The van der Waals surface area contributed by atoms with E-state index in [-0.39, 0.29) is 16.9 Å². The maximum absolute atomic E-state index is 12.2. The minimum atomic E-state index is -0.141. The fourth-order valence-electron chi connectivity index (χ4n) is 7.58.